The number of hydrogen-bond donors (Lipinski definition) is 1. The van der Waals surface area contributed by atoms with Crippen LogP contribution in [0.25, 0.3) is 0 Å². The molecule has 1 aromatic carbocycles. The van der Waals surface area contributed by atoms with E-state index >= 15 is 0 Å². The number of benzene rings is 1. The average molecular weight is 285 g/mol. The predicted octanol–water partition coefficient (Wildman–Crippen LogP) is 3.04. The lowest BCUT2D eigenvalue weighted by molar-refractivity contribution is 0.553. The van der Waals surface area contributed by atoms with E-state index < -0.39 is 6.04 Å². The molecule has 4 nitrogen and oxygen atoms in total. The van der Waals surface area contributed by atoms with E-state index in [4.69, 9.17) is 28.9 Å². The van der Waals surface area contributed by atoms with Crippen LogP contribution in [0.1, 0.15) is 30.8 Å². The number of hydrogen-bond acceptors (Lipinski definition) is 3. The van der Waals surface area contributed by atoms with Crippen LogP contribution in [0.3, 0.4) is 0 Å². The quantitative estimate of drug-likeness (QED) is 0.939. The zero-order valence-corrected chi connectivity index (χ0v) is 11.5. The fourth-order valence-electron chi connectivity index (χ4n) is 1.83. The number of halogens is 2. The summed E-state index contributed by atoms with van der Waals surface area (Å²) in [7, 11) is 0. The summed E-state index contributed by atoms with van der Waals surface area (Å²) in [5.74, 6) is 0.673. The third-order valence-corrected chi connectivity index (χ3v) is 3.33. The van der Waals surface area contributed by atoms with Gasteiger partial charge in [0.1, 0.15) is 12.2 Å². The van der Waals surface area contributed by atoms with E-state index in [1.807, 2.05) is 0 Å². The first kappa shape index (κ1) is 13.3. The number of nitrogens with zero attached hydrogens (tertiary/aromatic N) is 3. The number of nitrogens with two attached hydrogens (primary N) is 1. The van der Waals surface area contributed by atoms with Gasteiger partial charge < -0.3 is 5.73 Å². The molecule has 2 rings (SSSR count). The van der Waals surface area contributed by atoms with Crippen molar-refractivity contribution < 1.29 is 0 Å². The highest BCUT2D eigenvalue weighted by molar-refractivity contribution is 6.36. The van der Waals surface area contributed by atoms with Gasteiger partial charge >= 0.3 is 0 Å². The molecule has 1 unspecified atom stereocenters. The number of aryl methyl sites for hydroxylation is 1. The molecule has 0 aliphatic rings. The molecule has 0 saturated carbocycles. The van der Waals surface area contributed by atoms with Gasteiger partial charge in [0.25, 0.3) is 0 Å². The van der Waals surface area contributed by atoms with E-state index in [1.54, 1.807) is 22.9 Å². The maximum Gasteiger partial charge on any atom is 0.148 e. The summed E-state index contributed by atoms with van der Waals surface area (Å²) in [5, 5.41) is 5.24. The second-order valence-corrected chi connectivity index (χ2v) is 4.77. The van der Waals surface area contributed by atoms with E-state index in [0.717, 1.165) is 13.0 Å². The molecule has 0 bridgehead atoms. The van der Waals surface area contributed by atoms with Crippen molar-refractivity contribution >= 4 is 23.2 Å². The van der Waals surface area contributed by atoms with Crippen molar-refractivity contribution in [2.45, 2.75) is 25.9 Å². The Balaban J connectivity index is 2.41. The Bertz CT molecular complexity index is 518. The summed E-state index contributed by atoms with van der Waals surface area (Å²) in [6.07, 6.45) is 2.45. The van der Waals surface area contributed by atoms with Crippen molar-refractivity contribution in [1.82, 2.24) is 14.8 Å². The van der Waals surface area contributed by atoms with Crippen LogP contribution < -0.4 is 5.73 Å². The smallest absolute Gasteiger partial charge is 0.148 e. The van der Waals surface area contributed by atoms with Crippen LogP contribution in [-0.2, 0) is 6.54 Å². The lowest BCUT2D eigenvalue weighted by atomic mass is 10.1. The molecule has 0 radical (unpaired) electrons. The topological polar surface area (TPSA) is 56.7 Å². The van der Waals surface area contributed by atoms with Crippen LogP contribution in [-0.4, -0.2) is 14.8 Å². The van der Waals surface area contributed by atoms with Crippen LogP contribution in [0.5, 0.6) is 0 Å². The van der Waals surface area contributed by atoms with Gasteiger partial charge in [-0.3, -0.25) is 0 Å². The average Bonchev–Trinajstić information content (AvgIpc) is 2.77. The maximum absolute atomic E-state index is 6.20. The molecule has 1 atom stereocenters. The lowest BCUT2D eigenvalue weighted by Crippen LogP contribution is -2.19. The van der Waals surface area contributed by atoms with Gasteiger partial charge in [-0.05, 0) is 18.6 Å². The molecule has 0 saturated heterocycles. The minimum absolute atomic E-state index is 0.472. The summed E-state index contributed by atoms with van der Waals surface area (Å²) in [4.78, 5) is 4.20. The maximum atomic E-state index is 6.20. The zero-order chi connectivity index (χ0) is 13.1. The van der Waals surface area contributed by atoms with Crippen LogP contribution in [0.2, 0.25) is 10.0 Å². The van der Waals surface area contributed by atoms with Gasteiger partial charge in [0.05, 0.1) is 6.04 Å². The first-order valence-electron chi connectivity index (χ1n) is 5.72. The highest BCUT2D eigenvalue weighted by atomic mass is 35.5. The van der Waals surface area contributed by atoms with Crippen molar-refractivity contribution in [1.29, 1.82) is 0 Å². The Kier molecular flexibility index (Phi) is 4.22. The summed E-state index contributed by atoms with van der Waals surface area (Å²) >= 11 is 12.3. The largest absolute Gasteiger partial charge is 0.318 e. The molecule has 0 aliphatic heterocycles. The standard InChI is InChI=1S/C12H14Cl2N4/c1-2-6-18-12(16-7-17-18)11(15)10-8(13)4-3-5-9(10)14/h3-5,7,11H,2,6,15H2,1H3. The molecule has 0 spiro atoms. The predicted molar refractivity (Wildman–Crippen MR) is 72.8 cm³/mol. The van der Waals surface area contributed by atoms with Crippen molar-refractivity contribution in [2.75, 3.05) is 0 Å². The molecule has 6 heteroatoms. The molecular formula is C12H14Cl2N4. The SMILES string of the molecule is CCCn1ncnc1C(N)c1c(Cl)cccc1Cl. The molecular weight excluding hydrogens is 271 g/mol. The monoisotopic (exact) mass is 284 g/mol. The van der Waals surface area contributed by atoms with Gasteiger partial charge in [-0.1, -0.05) is 36.2 Å². The van der Waals surface area contributed by atoms with Gasteiger partial charge in [-0.2, -0.15) is 5.10 Å². The summed E-state index contributed by atoms with van der Waals surface area (Å²) in [5.41, 5.74) is 6.89. The fourth-order valence-corrected chi connectivity index (χ4v) is 2.47. The van der Waals surface area contributed by atoms with Gasteiger partial charge in [0.2, 0.25) is 0 Å². The fraction of sp³-hybridized carbons (Fsp3) is 0.333. The normalized spacial score (nSPS) is 12.7. The molecule has 1 heterocycles. The Labute approximate surface area is 116 Å². The molecule has 18 heavy (non-hydrogen) atoms. The minimum atomic E-state index is -0.472. The molecule has 2 aromatic rings. The van der Waals surface area contributed by atoms with Crippen LogP contribution in [0.4, 0.5) is 0 Å². The number of rotatable bonds is 4. The lowest BCUT2D eigenvalue weighted by Gasteiger charge is -2.15. The van der Waals surface area contributed by atoms with E-state index in [2.05, 4.69) is 17.0 Å². The Hall–Kier alpha value is -1.10. The highest BCUT2D eigenvalue weighted by Gasteiger charge is 2.20. The van der Waals surface area contributed by atoms with Crippen LogP contribution >= 0.6 is 23.2 Å². The van der Waals surface area contributed by atoms with Gasteiger partial charge in [0.15, 0.2) is 0 Å². The molecule has 96 valence electrons. The molecule has 0 amide bonds. The third-order valence-electron chi connectivity index (χ3n) is 2.67. The van der Waals surface area contributed by atoms with E-state index in [1.165, 1.54) is 6.33 Å². The van der Waals surface area contributed by atoms with E-state index in [0.29, 0.717) is 21.4 Å². The van der Waals surface area contributed by atoms with Gasteiger partial charge in [-0.15, -0.1) is 0 Å². The molecule has 2 N–H and O–H groups in total. The Morgan fingerprint density at radius 2 is 2.00 bits per heavy atom. The highest BCUT2D eigenvalue weighted by Crippen LogP contribution is 2.31. The summed E-state index contributed by atoms with van der Waals surface area (Å²) in [6.45, 7) is 2.84. The summed E-state index contributed by atoms with van der Waals surface area (Å²) < 4.78 is 1.78. The Morgan fingerprint density at radius 3 is 2.61 bits per heavy atom. The third kappa shape index (κ3) is 2.51. The second-order valence-electron chi connectivity index (χ2n) is 3.95. The van der Waals surface area contributed by atoms with Gasteiger partial charge in [0, 0.05) is 22.2 Å². The molecule has 0 fully saturated rings. The Morgan fingerprint density at radius 1 is 1.33 bits per heavy atom. The first-order valence-corrected chi connectivity index (χ1v) is 6.48. The first-order chi connectivity index (χ1) is 8.65. The van der Waals surface area contributed by atoms with Crippen molar-refractivity contribution in [3.63, 3.8) is 0 Å². The molecule has 1 aromatic heterocycles. The van der Waals surface area contributed by atoms with E-state index in [9.17, 15) is 0 Å². The van der Waals surface area contributed by atoms with E-state index in [-0.39, 0.29) is 0 Å². The van der Waals surface area contributed by atoms with Crippen molar-refractivity contribution in [2.24, 2.45) is 5.73 Å². The zero-order valence-electron chi connectivity index (χ0n) is 9.98. The second kappa shape index (κ2) is 5.69. The molecule has 0 aliphatic carbocycles. The van der Waals surface area contributed by atoms with Gasteiger partial charge in [-0.25, -0.2) is 9.67 Å². The van der Waals surface area contributed by atoms with Crippen molar-refractivity contribution in [3.8, 4) is 0 Å². The minimum Gasteiger partial charge on any atom is -0.318 e. The number of aromatic nitrogens is 3. The van der Waals surface area contributed by atoms with Crippen LogP contribution in [0.15, 0.2) is 24.5 Å². The van der Waals surface area contributed by atoms with Crippen molar-refractivity contribution in [3.05, 3.63) is 46.0 Å². The summed E-state index contributed by atoms with van der Waals surface area (Å²) in [6, 6.07) is 4.85. The van der Waals surface area contributed by atoms with Crippen LogP contribution in [0, 0.1) is 0 Å².